The van der Waals surface area contributed by atoms with Crippen molar-refractivity contribution >= 4 is 0 Å². The van der Waals surface area contributed by atoms with Gasteiger partial charge in [0.1, 0.15) is 11.5 Å². The Labute approximate surface area is 195 Å². The summed E-state index contributed by atoms with van der Waals surface area (Å²) in [7, 11) is 0. The molecule has 0 aliphatic carbocycles. The maximum Gasteiger partial charge on any atom is 0.321 e. The van der Waals surface area contributed by atoms with Crippen LogP contribution in [0.1, 0.15) is 24.5 Å². The number of rotatable bonds is 10. The van der Waals surface area contributed by atoms with E-state index in [2.05, 4.69) is 44.0 Å². The fraction of sp³-hybridized carbons (Fsp3) is 0.385. The van der Waals surface area contributed by atoms with E-state index in [4.69, 9.17) is 9.47 Å². The molecule has 1 aliphatic heterocycles. The summed E-state index contributed by atoms with van der Waals surface area (Å²) in [4.78, 5) is 13.1. The molecule has 2 heterocycles. The second kappa shape index (κ2) is 11.7. The Balaban J connectivity index is 1.35. The van der Waals surface area contributed by atoms with Crippen LogP contribution in [0.2, 0.25) is 0 Å². The van der Waals surface area contributed by atoms with E-state index in [0.29, 0.717) is 18.7 Å². The third-order valence-corrected chi connectivity index (χ3v) is 5.88. The summed E-state index contributed by atoms with van der Waals surface area (Å²) >= 11 is 0. The van der Waals surface area contributed by atoms with Gasteiger partial charge in [0.25, 0.3) is 0 Å². The van der Waals surface area contributed by atoms with Crippen LogP contribution in [0.3, 0.4) is 0 Å². The largest absolute Gasteiger partial charge is 0.494 e. The number of para-hydroxylation sites is 1. The molecule has 1 unspecified atom stereocenters. The van der Waals surface area contributed by atoms with Crippen LogP contribution in [-0.2, 0) is 13.1 Å². The van der Waals surface area contributed by atoms with Gasteiger partial charge in [-0.1, -0.05) is 30.3 Å². The van der Waals surface area contributed by atoms with E-state index >= 15 is 0 Å². The number of ether oxygens (including phenoxy) is 2. The Kier molecular flexibility index (Phi) is 8.24. The highest BCUT2D eigenvalue weighted by atomic mass is 16.5. The summed E-state index contributed by atoms with van der Waals surface area (Å²) in [6, 6.07) is 18.7. The summed E-state index contributed by atoms with van der Waals surface area (Å²) in [5.41, 5.74) is 2.43. The lowest BCUT2D eigenvalue weighted by molar-refractivity contribution is 0.0494. The van der Waals surface area contributed by atoms with Gasteiger partial charge in [-0.05, 0) is 43.2 Å². The smallest absolute Gasteiger partial charge is 0.321 e. The zero-order valence-corrected chi connectivity index (χ0v) is 19.1. The predicted octanol–water partition coefficient (Wildman–Crippen LogP) is 3.74. The topological polar surface area (TPSA) is 71.0 Å². The molecule has 1 saturated heterocycles. The summed E-state index contributed by atoms with van der Waals surface area (Å²) < 4.78 is 11.5. The summed E-state index contributed by atoms with van der Waals surface area (Å²) in [6.45, 7) is 7.43. The minimum Gasteiger partial charge on any atom is -0.494 e. The van der Waals surface area contributed by atoms with Crippen molar-refractivity contribution < 1.29 is 14.6 Å². The molecule has 7 nitrogen and oxygen atoms in total. The van der Waals surface area contributed by atoms with Crippen LogP contribution in [0.15, 0.2) is 67.0 Å². The monoisotopic (exact) mass is 448 g/mol. The van der Waals surface area contributed by atoms with Crippen LogP contribution < -0.4 is 9.47 Å². The first kappa shape index (κ1) is 23.2. The van der Waals surface area contributed by atoms with E-state index in [-0.39, 0.29) is 6.61 Å². The molecule has 1 fully saturated rings. The number of aromatic nitrogens is 2. The highest BCUT2D eigenvalue weighted by Gasteiger charge is 2.27. The average molecular weight is 449 g/mol. The molecule has 0 bridgehead atoms. The van der Waals surface area contributed by atoms with Gasteiger partial charge in [-0.15, -0.1) is 0 Å². The molecular weight excluding hydrogens is 416 g/mol. The molecular formula is C26H32N4O3. The Morgan fingerprint density at radius 2 is 1.76 bits per heavy atom. The summed E-state index contributed by atoms with van der Waals surface area (Å²) in [5, 5.41) is 9.67. The third-order valence-electron chi connectivity index (χ3n) is 5.88. The molecule has 0 amide bonds. The molecule has 174 valence electrons. The van der Waals surface area contributed by atoms with Crippen LogP contribution in [0, 0.1) is 0 Å². The molecule has 0 spiro atoms. The molecule has 4 rings (SSSR count). The number of hydrogen-bond acceptors (Lipinski definition) is 7. The second-order valence-electron chi connectivity index (χ2n) is 8.19. The number of hydrogen-bond donors (Lipinski definition) is 1. The Bertz CT molecular complexity index is 984. The van der Waals surface area contributed by atoms with E-state index in [9.17, 15) is 5.11 Å². The lowest BCUT2D eigenvalue weighted by atomic mass is 10.1. The maximum absolute atomic E-state index is 9.67. The molecule has 1 aliphatic rings. The van der Waals surface area contributed by atoms with Gasteiger partial charge >= 0.3 is 6.01 Å². The summed E-state index contributed by atoms with van der Waals surface area (Å²) in [5.74, 6) is 1.68. The number of nitrogens with zero attached hydrogens (tertiary/aromatic N) is 4. The molecule has 1 aromatic heterocycles. The van der Waals surface area contributed by atoms with Crippen molar-refractivity contribution in [3.8, 4) is 17.5 Å². The van der Waals surface area contributed by atoms with Crippen LogP contribution in [0.4, 0.5) is 0 Å². The van der Waals surface area contributed by atoms with Gasteiger partial charge in [0.15, 0.2) is 0 Å². The first-order valence-electron chi connectivity index (χ1n) is 11.6. The van der Waals surface area contributed by atoms with Crippen molar-refractivity contribution in [3.63, 3.8) is 0 Å². The molecule has 2 aromatic carbocycles. The van der Waals surface area contributed by atoms with E-state index in [1.54, 1.807) is 18.5 Å². The molecule has 7 heteroatoms. The third kappa shape index (κ3) is 6.51. The molecule has 0 radical (unpaired) electrons. The van der Waals surface area contributed by atoms with Gasteiger partial charge in [-0.25, -0.2) is 9.97 Å². The van der Waals surface area contributed by atoms with Crippen molar-refractivity contribution in [2.75, 3.05) is 32.8 Å². The zero-order valence-electron chi connectivity index (χ0n) is 19.1. The Hall–Kier alpha value is -3.00. The standard InChI is InChI=1S/C26H32N4O3/c1-2-32-25-7-4-3-6-22(25)19-30-16-15-29(20-23(30)12-17-31)18-21-8-10-24(11-9-21)33-26-27-13-5-14-28-26/h3-11,13-14,23,31H,2,12,15-20H2,1H3. The lowest BCUT2D eigenvalue weighted by Crippen LogP contribution is -2.52. The van der Waals surface area contributed by atoms with Crippen molar-refractivity contribution in [2.45, 2.75) is 32.5 Å². The highest BCUT2D eigenvalue weighted by Crippen LogP contribution is 2.24. The number of benzene rings is 2. The van der Waals surface area contributed by atoms with E-state index in [1.165, 1.54) is 11.1 Å². The lowest BCUT2D eigenvalue weighted by Gasteiger charge is -2.41. The second-order valence-corrected chi connectivity index (χ2v) is 8.19. The zero-order chi connectivity index (χ0) is 22.9. The first-order chi connectivity index (χ1) is 16.2. The molecule has 0 saturated carbocycles. The van der Waals surface area contributed by atoms with Gasteiger partial charge in [-0.3, -0.25) is 9.80 Å². The van der Waals surface area contributed by atoms with E-state index in [0.717, 1.165) is 50.6 Å². The minimum absolute atomic E-state index is 0.190. The fourth-order valence-corrected chi connectivity index (χ4v) is 4.25. The first-order valence-corrected chi connectivity index (χ1v) is 11.6. The van der Waals surface area contributed by atoms with Crippen molar-refractivity contribution in [1.29, 1.82) is 0 Å². The Morgan fingerprint density at radius 1 is 0.970 bits per heavy atom. The van der Waals surface area contributed by atoms with Gasteiger partial charge in [0, 0.05) is 63.3 Å². The average Bonchev–Trinajstić information content (AvgIpc) is 2.84. The number of aliphatic hydroxyl groups is 1. The van der Waals surface area contributed by atoms with E-state index < -0.39 is 0 Å². The summed E-state index contributed by atoms with van der Waals surface area (Å²) in [6.07, 6.45) is 4.08. The predicted molar refractivity (Wildman–Crippen MR) is 127 cm³/mol. The van der Waals surface area contributed by atoms with Crippen molar-refractivity contribution in [3.05, 3.63) is 78.1 Å². The van der Waals surface area contributed by atoms with Crippen LogP contribution in [-0.4, -0.2) is 63.8 Å². The fourth-order valence-electron chi connectivity index (χ4n) is 4.25. The minimum atomic E-state index is 0.190. The normalized spacial score (nSPS) is 17.1. The van der Waals surface area contributed by atoms with Gasteiger partial charge in [-0.2, -0.15) is 0 Å². The van der Waals surface area contributed by atoms with Crippen molar-refractivity contribution in [1.82, 2.24) is 19.8 Å². The van der Waals surface area contributed by atoms with Gasteiger partial charge in [0.2, 0.25) is 0 Å². The van der Waals surface area contributed by atoms with E-state index in [1.807, 2.05) is 31.2 Å². The highest BCUT2D eigenvalue weighted by molar-refractivity contribution is 5.33. The Morgan fingerprint density at radius 3 is 2.52 bits per heavy atom. The van der Waals surface area contributed by atoms with Crippen LogP contribution in [0.5, 0.6) is 17.5 Å². The van der Waals surface area contributed by atoms with Crippen molar-refractivity contribution in [2.24, 2.45) is 0 Å². The molecule has 1 atom stereocenters. The number of piperazine rings is 1. The quantitative estimate of drug-likeness (QED) is 0.507. The van der Waals surface area contributed by atoms with Gasteiger partial charge in [0.05, 0.1) is 6.61 Å². The maximum atomic E-state index is 9.67. The molecule has 3 aromatic rings. The molecule has 33 heavy (non-hydrogen) atoms. The van der Waals surface area contributed by atoms with Crippen LogP contribution >= 0.6 is 0 Å². The SMILES string of the molecule is CCOc1ccccc1CN1CCN(Cc2ccc(Oc3ncccn3)cc2)CC1CCO. The molecule has 1 N–H and O–H groups in total. The van der Waals surface area contributed by atoms with Crippen LogP contribution in [0.25, 0.3) is 0 Å². The number of aliphatic hydroxyl groups excluding tert-OH is 1. The van der Waals surface area contributed by atoms with Gasteiger partial charge < -0.3 is 14.6 Å².